The van der Waals surface area contributed by atoms with Crippen LogP contribution >= 0.6 is 0 Å². The standard InChI is InChI=1S/C20H26N4O4/c1-13(2)8-19(26)24-14(3)11-23(20(27)28)18-9-15(4-5-17(18)24)16-10-21-22(12-16)6-7-25/h4-5,9-10,12-14,25H,6-8,11H2,1-3H3,(H,27,28)/t14-/m0/s1. The van der Waals surface area contributed by atoms with Gasteiger partial charge in [0.05, 0.1) is 36.8 Å². The van der Waals surface area contributed by atoms with E-state index in [2.05, 4.69) is 5.10 Å². The molecule has 1 aliphatic heterocycles. The Balaban J connectivity index is 2.03. The summed E-state index contributed by atoms with van der Waals surface area (Å²) in [6.07, 6.45) is 2.84. The zero-order valence-electron chi connectivity index (χ0n) is 16.4. The summed E-state index contributed by atoms with van der Waals surface area (Å²) in [6, 6.07) is 5.21. The van der Waals surface area contributed by atoms with Crippen LogP contribution in [0.3, 0.4) is 0 Å². The minimum Gasteiger partial charge on any atom is -0.465 e. The van der Waals surface area contributed by atoms with Gasteiger partial charge in [-0.1, -0.05) is 19.9 Å². The van der Waals surface area contributed by atoms with Crippen LogP contribution in [-0.4, -0.2) is 51.2 Å². The van der Waals surface area contributed by atoms with Crippen molar-refractivity contribution in [3.63, 3.8) is 0 Å². The van der Waals surface area contributed by atoms with Gasteiger partial charge in [0, 0.05) is 24.7 Å². The summed E-state index contributed by atoms with van der Waals surface area (Å²) in [5.41, 5.74) is 2.73. The smallest absolute Gasteiger partial charge is 0.411 e. The average molecular weight is 386 g/mol. The van der Waals surface area contributed by atoms with Gasteiger partial charge in [-0.15, -0.1) is 0 Å². The molecule has 1 aliphatic rings. The number of aliphatic hydroxyl groups is 1. The number of carbonyl (C=O) groups excluding carboxylic acids is 1. The van der Waals surface area contributed by atoms with Crippen LogP contribution in [0, 0.1) is 5.92 Å². The summed E-state index contributed by atoms with van der Waals surface area (Å²) in [6.45, 7) is 6.45. The normalized spacial score (nSPS) is 16.4. The van der Waals surface area contributed by atoms with E-state index in [4.69, 9.17) is 5.11 Å². The molecule has 0 fully saturated rings. The molecule has 0 saturated heterocycles. The lowest BCUT2D eigenvalue weighted by Gasteiger charge is -2.40. The van der Waals surface area contributed by atoms with E-state index >= 15 is 0 Å². The largest absolute Gasteiger partial charge is 0.465 e. The number of anilines is 2. The van der Waals surface area contributed by atoms with Crippen molar-refractivity contribution in [2.24, 2.45) is 5.92 Å². The van der Waals surface area contributed by atoms with Crippen molar-refractivity contribution < 1.29 is 19.8 Å². The molecule has 0 saturated carbocycles. The molecule has 2 amide bonds. The highest BCUT2D eigenvalue weighted by Gasteiger charge is 2.35. The number of nitrogens with zero attached hydrogens (tertiary/aromatic N) is 4. The third-order valence-corrected chi connectivity index (χ3v) is 4.79. The number of aliphatic hydroxyl groups excluding tert-OH is 1. The van der Waals surface area contributed by atoms with Crippen molar-refractivity contribution in [2.75, 3.05) is 23.0 Å². The van der Waals surface area contributed by atoms with Crippen LogP contribution in [0.15, 0.2) is 30.6 Å². The van der Waals surface area contributed by atoms with E-state index in [-0.39, 0.29) is 31.0 Å². The summed E-state index contributed by atoms with van der Waals surface area (Å²) in [7, 11) is 0. The maximum atomic E-state index is 12.8. The lowest BCUT2D eigenvalue weighted by molar-refractivity contribution is -0.119. The summed E-state index contributed by atoms with van der Waals surface area (Å²) >= 11 is 0. The Morgan fingerprint density at radius 1 is 1.25 bits per heavy atom. The number of hydrogen-bond acceptors (Lipinski definition) is 4. The van der Waals surface area contributed by atoms with Gasteiger partial charge < -0.3 is 15.1 Å². The van der Waals surface area contributed by atoms with E-state index in [0.717, 1.165) is 11.1 Å². The van der Waals surface area contributed by atoms with Crippen LogP contribution in [-0.2, 0) is 11.3 Å². The van der Waals surface area contributed by atoms with Crippen molar-refractivity contribution >= 4 is 23.4 Å². The second-order valence-corrected chi connectivity index (χ2v) is 7.52. The second-order valence-electron chi connectivity index (χ2n) is 7.52. The first kappa shape index (κ1) is 19.9. The van der Waals surface area contributed by atoms with Crippen molar-refractivity contribution in [3.8, 4) is 11.1 Å². The topological polar surface area (TPSA) is 98.9 Å². The first-order chi connectivity index (χ1) is 13.3. The zero-order valence-corrected chi connectivity index (χ0v) is 16.4. The maximum Gasteiger partial charge on any atom is 0.411 e. The van der Waals surface area contributed by atoms with Crippen LogP contribution in [0.4, 0.5) is 16.2 Å². The number of aromatic nitrogens is 2. The fraction of sp³-hybridized carbons (Fsp3) is 0.450. The number of rotatable bonds is 5. The summed E-state index contributed by atoms with van der Waals surface area (Å²) in [5, 5.41) is 22.9. The first-order valence-electron chi connectivity index (χ1n) is 9.42. The Bertz CT molecular complexity index is 877. The molecule has 2 N–H and O–H groups in total. The van der Waals surface area contributed by atoms with Gasteiger partial charge in [-0.3, -0.25) is 14.4 Å². The molecule has 1 aromatic carbocycles. The highest BCUT2D eigenvalue weighted by atomic mass is 16.4. The van der Waals surface area contributed by atoms with Gasteiger partial charge in [-0.2, -0.15) is 5.10 Å². The van der Waals surface area contributed by atoms with Crippen LogP contribution < -0.4 is 9.80 Å². The van der Waals surface area contributed by atoms with Gasteiger partial charge in [0.15, 0.2) is 0 Å². The van der Waals surface area contributed by atoms with Crippen LogP contribution in [0.25, 0.3) is 11.1 Å². The van der Waals surface area contributed by atoms with Crippen LogP contribution in [0.2, 0.25) is 0 Å². The molecular formula is C20H26N4O4. The number of fused-ring (bicyclic) bond motifs is 1. The van der Waals surface area contributed by atoms with Crippen LogP contribution in [0.5, 0.6) is 0 Å². The highest BCUT2D eigenvalue weighted by molar-refractivity contribution is 6.03. The number of hydrogen-bond donors (Lipinski definition) is 2. The zero-order chi connectivity index (χ0) is 20.4. The van der Waals surface area contributed by atoms with Crippen molar-refractivity contribution in [1.82, 2.24) is 9.78 Å². The molecule has 0 aliphatic carbocycles. The predicted octanol–water partition coefficient (Wildman–Crippen LogP) is 2.81. The van der Waals surface area contributed by atoms with Gasteiger partial charge in [-0.05, 0) is 30.5 Å². The molecule has 2 aromatic rings. The van der Waals surface area contributed by atoms with Crippen molar-refractivity contribution in [3.05, 3.63) is 30.6 Å². The monoisotopic (exact) mass is 386 g/mol. The van der Waals surface area contributed by atoms with Gasteiger partial charge in [0.2, 0.25) is 5.91 Å². The maximum absolute atomic E-state index is 12.8. The molecule has 0 unspecified atom stereocenters. The minimum absolute atomic E-state index is 0.00250. The third-order valence-electron chi connectivity index (χ3n) is 4.79. The van der Waals surface area contributed by atoms with Gasteiger partial charge in [-0.25, -0.2) is 4.79 Å². The number of amides is 2. The van der Waals surface area contributed by atoms with Gasteiger partial charge in [0.1, 0.15) is 0 Å². The van der Waals surface area contributed by atoms with Crippen LogP contribution in [0.1, 0.15) is 27.2 Å². The quantitative estimate of drug-likeness (QED) is 0.823. The highest BCUT2D eigenvalue weighted by Crippen LogP contribution is 2.39. The van der Waals surface area contributed by atoms with Gasteiger partial charge in [0.25, 0.3) is 0 Å². The summed E-state index contributed by atoms with van der Waals surface area (Å²) < 4.78 is 1.63. The average Bonchev–Trinajstić information content (AvgIpc) is 3.08. The van der Waals surface area contributed by atoms with E-state index in [9.17, 15) is 14.7 Å². The molecule has 2 heterocycles. The molecule has 0 radical (unpaired) electrons. The molecule has 3 rings (SSSR count). The Kier molecular flexibility index (Phi) is 5.69. The number of carbonyl (C=O) groups is 2. The van der Waals surface area contributed by atoms with E-state index in [0.29, 0.717) is 24.3 Å². The lowest BCUT2D eigenvalue weighted by atomic mass is 10.0. The Morgan fingerprint density at radius 3 is 2.64 bits per heavy atom. The number of carboxylic acid groups (broad SMARTS) is 1. The Labute approximate surface area is 164 Å². The molecule has 8 nitrogen and oxygen atoms in total. The fourth-order valence-electron chi connectivity index (χ4n) is 3.55. The SMILES string of the molecule is CC(C)CC(=O)N1c2ccc(-c3cnn(CCO)c3)cc2N(C(=O)O)C[C@@H]1C. The summed E-state index contributed by atoms with van der Waals surface area (Å²) in [5.74, 6) is 0.217. The second kappa shape index (κ2) is 8.02. The third kappa shape index (κ3) is 3.87. The molecule has 1 aromatic heterocycles. The Hall–Kier alpha value is -2.87. The van der Waals surface area contributed by atoms with E-state index in [1.165, 1.54) is 4.90 Å². The van der Waals surface area contributed by atoms with Crippen molar-refractivity contribution in [2.45, 2.75) is 39.8 Å². The molecule has 1 atom stereocenters. The molecule has 28 heavy (non-hydrogen) atoms. The van der Waals surface area contributed by atoms with Gasteiger partial charge >= 0.3 is 6.09 Å². The molecule has 8 heteroatoms. The van der Waals surface area contributed by atoms with E-state index < -0.39 is 6.09 Å². The number of benzene rings is 1. The molecule has 0 bridgehead atoms. The van der Waals surface area contributed by atoms with E-state index in [1.807, 2.05) is 26.8 Å². The summed E-state index contributed by atoms with van der Waals surface area (Å²) in [4.78, 5) is 27.7. The fourth-order valence-corrected chi connectivity index (χ4v) is 3.55. The molecule has 0 spiro atoms. The molecular weight excluding hydrogens is 360 g/mol. The molecule has 150 valence electrons. The Morgan fingerprint density at radius 2 is 2.00 bits per heavy atom. The van der Waals surface area contributed by atoms with Crippen molar-refractivity contribution in [1.29, 1.82) is 0 Å². The minimum atomic E-state index is -1.04. The predicted molar refractivity (Wildman–Crippen MR) is 107 cm³/mol. The first-order valence-corrected chi connectivity index (χ1v) is 9.42. The lowest BCUT2D eigenvalue weighted by Crippen LogP contribution is -2.51. The van der Waals surface area contributed by atoms with E-state index in [1.54, 1.807) is 34.1 Å².